The fraction of sp³-hybridized carbons (Fsp3) is 0.222. The van der Waals surface area contributed by atoms with Crippen molar-refractivity contribution in [1.29, 1.82) is 0 Å². The number of hydrogen-bond donors (Lipinski definition) is 3. The molecule has 3 rings (SSSR count). The van der Waals surface area contributed by atoms with Crippen molar-refractivity contribution in [2.45, 2.75) is 27.2 Å². The second-order valence-corrected chi connectivity index (χ2v) is 6.40. The number of halogens is 1. The van der Waals surface area contributed by atoms with Crippen LogP contribution in [0, 0.1) is 13.8 Å². The van der Waals surface area contributed by atoms with Crippen LogP contribution in [0.4, 0.5) is 5.82 Å². The number of pyridine rings is 1. The third kappa shape index (κ3) is 3.43. The summed E-state index contributed by atoms with van der Waals surface area (Å²) in [5.41, 5.74) is 8.58. The summed E-state index contributed by atoms with van der Waals surface area (Å²) in [4.78, 5) is 31.4. The first-order chi connectivity index (χ1) is 12.8. The molecule has 0 aromatic carbocycles. The standard InChI is InChI=1S/C18H19ClN6O2/c1-4-11-14(17(20)26)9(2)22-16(11)18(27)23-13-6-8-25(24-13)12-5-7-21-10(3)15(12)19/h5-8,22H,4H2,1-3H3,(H2,20,26)(H,23,24,27). The molecule has 0 fully saturated rings. The Morgan fingerprint density at radius 3 is 2.74 bits per heavy atom. The number of hydrogen-bond acceptors (Lipinski definition) is 4. The molecule has 0 bridgehead atoms. The number of nitrogens with two attached hydrogens (primary N) is 1. The van der Waals surface area contributed by atoms with Crippen molar-refractivity contribution in [3.8, 4) is 5.69 Å². The van der Waals surface area contributed by atoms with E-state index in [1.165, 1.54) is 0 Å². The number of aromatic amines is 1. The van der Waals surface area contributed by atoms with E-state index in [1.54, 1.807) is 43.1 Å². The highest BCUT2D eigenvalue weighted by Gasteiger charge is 2.22. The van der Waals surface area contributed by atoms with Crippen LogP contribution < -0.4 is 11.1 Å². The Morgan fingerprint density at radius 1 is 1.33 bits per heavy atom. The van der Waals surface area contributed by atoms with Crippen LogP contribution in [0.25, 0.3) is 5.69 Å². The van der Waals surface area contributed by atoms with Gasteiger partial charge >= 0.3 is 0 Å². The van der Waals surface area contributed by atoms with Crippen LogP contribution in [0.2, 0.25) is 5.02 Å². The molecule has 27 heavy (non-hydrogen) atoms. The minimum atomic E-state index is -0.563. The number of aryl methyl sites for hydroxylation is 2. The summed E-state index contributed by atoms with van der Waals surface area (Å²) < 4.78 is 1.56. The molecule has 3 heterocycles. The van der Waals surface area contributed by atoms with Crippen LogP contribution in [-0.2, 0) is 6.42 Å². The van der Waals surface area contributed by atoms with E-state index < -0.39 is 11.8 Å². The molecule has 0 saturated heterocycles. The van der Waals surface area contributed by atoms with Gasteiger partial charge in [-0.05, 0) is 31.9 Å². The highest BCUT2D eigenvalue weighted by molar-refractivity contribution is 6.33. The Bertz CT molecular complexity index is 1040. The number of primary amides is 1. The Labute approximate surface area is 160 Å². The number of amides is 2. The van der Waals surface area contributed by atoms with Gasteiger partial charge in [0.15, 0.2) is 5.82 Å². The van der Waals surface area contributed by atoms with Gasteiger partial charge in [0, 0.05) is 24.2 Å². The van der Waals surface area contributed by atoms with Crippen molar-refractivity contribution < 1.29 is 9.59 Å². The van der Waals surface area contributed by atoms with Crippen LogP contribution in [0.15, 0.2) is 24.5 Å². The highest BCUT2D eigenvalue weighted by Crippen LogP contribution is 2.23. The number of carbonyl (C=O) groups excluding carboxylic acids is 2. The van der Waals surface area contributed by atoms with E-state index >= 15 is 0 Å². The monoisotopic (exact) mass is 386 g/mol. The topological polar surface area (TPSA) is 119 Å². The third-order valence-corrected chi connectivity index (χ3v) is 4.71. The van der Waals surface area contributed by atoms with Crippen molar-refractivity contribution in [3.05, 3.63) is 57.8 Å². The fourth-order valence-corrected chi connectivity index (χ4v) is 3.17. The number of nitrogens with one attached hydrogen (secondary N) is 2. The molecular formula is C18H19ClN6O2. The lowest BCUT2D eigenvalue weighted by atomic mass is 10.1. The molecule has 0 spiro atoms. The zero-order chi connectivity index (χ0) is 19.7. The maximum absolute atomic E-state index is 12.7. The number of H-pyrrole nitrogens is 1. The van der Waals surface area contributed by atoms with E-state index in [1.807, 2.05) is 6.92 Å². The molecule has 8 nitrogen and oxygen atoms in total. The molecule has 2 amide bonds. The summed E-state index contributed by atoms with van der Waals surface area (Å²) in [6.07, 6.45) is 3.81. The molecule has 0 unspecified atom stereocenters. The number of nitrogens with zero attached hydrogens (tertiary/aromatic N) is 3. The van der Waals surface area contributed by atoms with Crippen LogP contribution in [0.5, 0.6) is 0 Å². The van der Waals surface area contributed by atoms with Crippen LogP contribution in [0.1, 0.15) is 44.7 Å². The quantitative estimate of drug-likeness (QED) is 0.624. The normalized spacial score (nSPS) is 10.8. The maximum Gasteiger partial charge on any atom is 0.273 e. The van der Waals surface area contributed by atoms with Gasteiger partial charge < -0.3 is 16.0 Å². The van der Waals surface area contributed by atoms with E-state index in [-0.39, 0.29) is 0 Å². The van der Waals surface area contributed by atoms with Crippen molar-refractivity contribution in [1.82, 2.24) is 19.7 Å². The summed E-state index contributed by atoms with van der Waals surface area (Å²) in [6.45, 7) is 5.36. The van der Waals surface area contributed by atoms with E-state index in [4.69, 9.17) is 17.3 Å². The zero-order valence-electron chi connectivity index (χ0n) is 15.1. The van der Waals surface area contributed by atoms with Gasteiger partial charge in [-0.3, -0.25) is 14.6 Å². The molecule has 0 atom stereocenters. The predicted molar refractivity (Wildman–Crippen MR) is 102 cm³/mol. The second kappa shape index (κ2) is 7.24. The number of aromatic nitrogens is 4. The molecule has 4 N–H and O–H groups in total. The van der Waals surface area contributed by atoms with E-state index in [9.17, 15) is 9.59 Å². The predicted octanol–water partition coefficient (Wildman–Crippen LogP) is 2.78. The molecular weight excluding hydrogens is 368 g/mol. The molecule has 0 saturated carbocycles. The lowest BCUT2D eigenvalue weighted by Gasteiger charge is -2.06. The average molecular weight is 387 g/mol. The summed E-state index contributed by atoms with van der Waals surface area (Å²) in [7, 11) is 0. The Morgan fingerprint density at radius 2 is 2.07 bits per heavy atom. The molecule has 0 radical (unpaired) electrons. The van der Waals surface area contributed by atoms with Gasteiger partial charge in [-0.15, -0.1) is 5.10 Å². The Balaban J connectivity index is 1.88. The molecule has 0 aliphatic rings. The van der Waals surface area contributed by atoms with Crippen molar-refractivity contribution in [2.75, 3.05) is 5.32 Å². The summed E-state index contributed by atoms with van der Waals surface area (Å²) >= 11 is 6.27. The van der Waals surface area contributed by atoms with Crippen molar-refractivity contribution in [3.63, 3.8) is 0 Å². The first-order valence-corrected chi connectivity index (χ1v) is 8.71. The van der Waals surface area contributed by atoms with E-state index in [0.29, 0.717) is 51.2 Å². The Kier molecular flexibility index (Phi) is 5.00. The van der Waals surface area contributed by atoms with E-state index in [0.717, 1.165) is 0 Å². The van der Waals surface area contributed by atoms with Gasteiger partial charge in [-0.1, -0.05) is 18.5 Å². The summed E-state index contributed by atoms with van der Waals surface area (Å²) in [6, 6.07) is 3.39. The van der Waals surface area contributed by atoms with Crippen molar-refractivity contribution >= 4 is 29.2 Å². The molecule has 140 valence electrons. The van der Waals surface area contributed by atoms with Crippen LogP contribution >= 0.6 is 11.6 Å². The summed E-state index contributed by atoms with van der Waals surface area (Å²) in [5.74, 6) is -0.614. The van der Waals surface area contributed by atoms with Gasteiger partial charge in [0.2, 0.25) is 0 Å². The SMILES string of the molecule is CCc1c(C(=O)Nc2ccn(-c3ccnc(C)c3Cl)n2)[nH]c(C)c1C(N)=O. The van der Waals surface area contributed by atoms with Gasteiger partial charge in [0.1, 0.15) is 5.69 Å². The summed E-state index contributed by atoms with van der Waals surface area (Å²) in [5, 5.41) is 7.54. The lowest BCUT2D eigenvalue weighted by molar-refractivity contribution is 0.0998. The fourth-order valence-electron chi connectivity index (χ4n) is 2.97. The van der Waals surface area contributed by atoms with Gasteiger partial charge in [0.25, 0.3) is 11.8 Å². The highest BCUT2D eigenvalue weighted by atomic mass is 35.5. The smallest absolute Gasteiger partial charge is 0.273 e. The molecule has 3 aromatic heterocycles. The average Bonchev–Trinajstić information content (AvgIpc) is 3.21. The second-order valence-electron chi connectivity index (χ2n) is 6.03. The zero-order valence-corrected chi connectivity index (χ0v) is 15.9. The van der Waals surface area contributed by atoms with E-state index in [2.05, 4.69) is 20.4 Å². The molecule has 9 heteroatoms. The third-order valence-electron chi connectivity index (χ3n) is 4.24. The van der Waals surface area contributed by atoms with Crippen LogP contribution in [-0.4, -0.2) is 31.6 Å². The van der Waals surface area contributed by atoms with Crippen LogP contribution in [0.3, 0.4) is 0 Å². The molecule has 0 aliphatic carbocycles. The maximum atomic E-state index is 12.7. The molecule has 0 aliphatic heterocycles. The number of carbonyl (C=O) groups is 2. The first-order valence-electron chi connectivity index (χ1n) is 8.33. The van der Waals surface area contributed by atoms with Gasteiger partial charge in [0.05, 0.1) is 22.0 Å². The Hall–Kier alpha value is -3.13. The number of anilines is 1. The minimum Gasteiger partial charge on any atom is -0.366 e. The largest absolute Gasteiger partial charge is 0.366 e. The minimum absolute atomic E-state index is 0.302. The van der Waals surface area contributed by atoms with Gasteiger partial charge in [-0.25, -0.2) is 4.68 Å². The lowest BCUT2D eigenvalue weighted by Crippen LogP contribution is -2.17. The van der Waals surface area contributed by atoms with Gasteiger partial charge in [-0.2, -0.15) is 0 Å². The first kappa shape index (κ1) is 18.7. The molecule has 3 aromatic rings. The number of rotatable bonds is 5. The van der Waals surface area contributed by atoms with Crippen molar-refractivity contribution in [2.24, 2.45) is 5.73 Å².